The molecule has 28 heavy (non-hydrogen) atoms. The Kier molecular flexibility index (Phi) is 6.79. The van der Waals surface area contributed by atoms with E-state index in [-0.39, 0.29) is 11.7 Å². The van der Waals surface area contributed by atoms with Crippen molar-refractivity contribution in [3.63, 3.8) is 0 Å². The first-order valence-electron chi connectivity index (χ1n) is 10.2. The molecule has 2 aromatic rings. The number of likely N-dealkylation sites (N-methyl/N-ethyl adjacent to an activating group) is 1. The Morgan fingerprint density at radius 3 is 2.57 bits per heavy atom. The molecule has 1 aromatic heterocycles. The zero-order chi connectivity index (χ0) is 20.1. The van der Waals surface area contributed by atoms with Crippen molar-refractivity contribution in [2.75, 3.05) is 32.7 Å². The average molecular weight is 384 g/mol. The Balaban J connectivity index is 1.66. The van der Waals surface area contributed by atoms with Crippen LogP contribution in [0, 0.1) is 12.7 Å². The zero-order valence-electron chi connectivity index (χ0n) is 17.1. The van der Waals surface area contributed by atoms with Crippen molar-refractivity contribution in [1.29, 1.82) is 0 Å². The molecule has 150 valence electrons. The lowest BCUT2D eigenvalue weighted by molar-refractivity contribution is -0.131. The highest BCUT2D eigenvalue weighted by Crippen LogP contribution is 2.27. The highest BCUT2D eigenvalue weighted by Gasteiger charge is 2.27. The molecular weight excluding hydrogens is 353 g/mol. The minimum Gasteiger partial charge on any atom is -0.342 e. The van der Waals surface area contributed by atoms with Crippen LogP contribution in [0.1, 0.15) is 48.7 Å². The summed E-state index contributed by atoms with van der Waals surface area (Å²) < 4.78 is 13.1. The van der Waals surface area contributed by atoms with Gasteiger partial charge in [0.25, 0.3) is 0 Å². The molecule has 0 spiro atoms. The summed E-state index contributed by atoms with van der Waals surface area (Å²) in [5.41, 5.74) is 4.41. The van der Waals surface area contributed by atoms with E-state index in [1.165, 1.54) is 17.7 Å². The summed E-state index contributed by atoms with van der Waals surface area (Å²) in [5, 5.41) is 0. The minimum atomic E-state index is -0.208. The number of carbonyl (C=O) groups excluding carboxylic acids is 1. The van der Waals surface area contributed by atoms with E-state index < -0.39 is 0 Å². The van der Waals surface area contributed by atoms with E-state index in [0.717, 1.165) is 56.0 Å². The molecule has 3 rings (SSSR count). The van der Waals surface area contributed by atoms with Gasteiger partial charge >= 0.3 is 0 Å². The van der Waals surface area contributed by atoms with Crippen molar-refractivity contribution in [1.82, 2.24) is 14.8 Å². The maximum Gasteiger partial charge on any atom is 0.236 e. The number of amides is 1. The number of halogens is 1. The summed E-state index contributed by atoms with van der Waals surface area (Å²) in [4.78, 5) is 21.3. The average Bonchev–Trinajstić information content (AvgIpc) is 3.13. The smallest absolute Gasteiger partial charge is 0.236 e. The molecule has 0 aliphatic carbocycles. The Morgan fingerprint density at radius 1 is 1.18 bits per heavy atom. The molecule has 2 heterocycles. The van der Waals surface area contributed by atoms with Crippen molar-refractivity contribution < 1.29 is 9.18 Å². The predicted molar refractivity (Wildman–Crippen MR) is 110 cm³/mol. The van der Waals surface area contributed by atoms with Gasteiger partial charge < -0.3 is 4.90 Å². The fourth-order valence-electron chi connectivity index (χ4n) is 4.00. The van der Waals surface area contributed by atoms with Crippen molar-refractivity contribution in [2.24, 2.45) is 0 Å². The van der Waals surface area contributed by atoms with Gasteiger partial charge in [0.15, 0.2) is 0 Å². The number of hydrogen-bond acceptors (Lipinski definition) is 3. The highest BCUT2D eigenvalue weighted by molar-refractivity contribution is 5.78. The maximum absolute atomic E-state index is 13.1. The highest BCUT2D eigenvalue weighted by atomic mass is 19.1. The molecule has 0 bridgehead atoms. The van der Waals surface area contributed by atoms with Gasteiger partial charge in [0.1, 0.15) is 5.82 Å². The van der Waals surface area contributed by atoms with Crippen molar-refractivity contribution in [3.05, 3.63) is 64.7 Å². The fourth-order valence-corrected chi connectivity index (χ4v) is 4.00. The molecule has 1 saturated heterocycles. The van der Waals surface area contributed by atoms with E-state index in [2.05, 4.69) is 17.0 Å². The van der Waals surface area contributed by atoms with Gasteiger partial charge in [-0.15, -0.1) is 0 Å². The van der Waals surface area contributed by atoms with E-state index >= 15 is 0 Å². The predicted octanol–water partition coefficient (Wildman–Crippen LogP) is 3.78. The van der Waals surface area contributed by atoms with Crippen LogP contribution in [0.2, 0.25) is 0 Å². The lowest BCUT2D eigenvalue weighted by atomic mass is 9.98. The van der Waals surface area contributed by atoms with Crippen LogP contribution in [-0.2, 0) is 11.2 Å². The van der Waals surface area contributed by atoms with Gasteiger partial charge in [-0.1, -0.05) is 12.1 Å². The Bertz CT molecular complexity index is 802. The van der Waals surface area contributed by atoms with Gasteiger partial charge in [0, 0.05) is 36.9 Å². The number of likely N-dealkylation sites (tertiary alicyclic amines) is 1. The number of hydrogen-bond donors (Lipinski definition) is 0. The molecule has 5 heteroatoms. The molecule has 0 saturated carbocycles. The van der Waals surface area contributed by atoms with Crippen LogP contribution in [0.15, 0.2) is 36.4 Å². The van der Waals surface area contributed by atoms with Crippen LogP contribution in [0.3, 0.4) is 0 Å². The summed E-state index contributed by atoms with van der Waals surface area (Å²) in [5.74, 6) is 0.358. The molecule has 0 N–H and O–H groups in total. The molecule has 1 atom stereocenters. The first kappa shape index (κ1) is 20.5. The van der Waals surface area contributed by atoms with Crippen molar-refractivity contribution in [2.45, 2.75) is 39.5 Å². The number of pyridine rings is 1. The van der Waals surface area contributed by atoms with Crippen LogP contribution in [0.5, 0.6) is 0 Å². The second kappa shape index (κ2) is 9.28. The number of rotatable bonds is 7. The minimum absolute atomic E-state index is 0.208. The van der Waals surface area contributed by atoms with E-state index in [4.69, 9.17) is 4.98 Å². The van der Waals surface area contributed by atoms with Crippen LogP contribution in [-0.4, -0.2) is 53.4 Å². The first-order chi connectivity index (χ1) is 13.5. The summed E-state index contributed by atoms with van der Waals surface area (Å²) in [6, 6.07) is 11.0. The summed E-state index contributed by atoms with van der Waals surface area (Å²) in [6.45, 7) is 9.89. The summed E-state index contributed by atoms with van der Waals surface area (Å²) in [7, 11) is 0. The topological polar surface area (TPSA) is 36.4 Å². The van der Waals surface area contributed by atoms with Crippen molar-refractivity contribution in [3.8, 4) is 0 Å². The molecule has 1 amide bonds. The second-order valence-corrected chi connectivity index (χ2v) is 7.63. The summed E-state index contributed by atoms with van der Waals surface area (Å²) in [6.07, 6.45) is 1.80. The number of carbonyl (C=O) groups is 1. The van der Waals surface area contributed by atoms with Crippen LogP contribution >= 0.6 is 0 Å². The fraction of sp³-hybridized carbons (Fsp3) is 0.478. The van der Waals surface area contributed by atoms with E-state index in [1.54, 1.807) is 0 Å². The second-order valence-electron chi connectivity index (χ2n) is 7.63. The maximum atomic E-state index is 13.1. The monoisotopic (exact) mass is 383 g/mol. The molecule has 1 aliphatic rings. The third-order valence-corrected chi connectivity index (χ3v) is 5.52. The third kappa shape index (κ3) is 5.16. The van der Waals surface area contributed by atoms with E-state index in [9.17, 15) is 9.18 Å². The molecule has 0 radical (unpaired) electrons. The van der Waals surface area contributed by atoms with Crippen LogP contribution in [0.25, 0.3) is 0 Å². The third-order valence-electron chi connectivity index (χ3n) is 5.52. The van der Waals surface area contributed by atoms with E-state index in [1.807, 2.05) is 37.8 Å². The Labute approximate surface area is 167 Å². The van der Waals surface area contributed by atoms with Gasteiger partial charge in [-0.3, -0.25) is 14.7 Å². The standard InChI is InChI=1S/C23H30FN3O/c1-4-27(5-2)23(28)16-26-11-10-20(15-26)22-14-19(12-17(3)25-22)13-18-6-8-21(24)9-7-18/h6-9,12,14,20H,4-5,10-11,13,15-16H2,1-3H3. The quantitative estimate of drug-likeness (QED) is 0.730. The normalized spacial score (nSPS) is 17.1. The van der Waals surface area contributed by atoms with Gasteiger partial charge in [-0.25, -0.2) is 4.39 Å². The lowest BCUT2D eigenvalue weighted by Gasteiger charge is -2.22. The first-order valence-corrected chi connectivity index (χ1v) is 10.2. The van der Waals surface area contributed by atoms with Crippen LogP contribution < -0.4 is 0 Å². The van der Waals surface area contributed by atoms with Gasteiger partial charge in [-0.2, -0.15) is 0 Å². The molecule has 4 nitrogen and oxygen atoms in total. The van der Waals surface area contributed by atoms with Crippen molar-refractivity contribution >= 4 is 5.91 Å². The Morgan fingerprint density at radius 2 is 1.89 bits per heavy atom. The van der Waals surface area contributed by atoms with Gasteiger partial charge in [-0.05, 0) is 75.5 Å². The SMILES string of the molecule is CCN(CC)C(=O)CN1CCC(c2cc(Cc3ccc(F)cc3)cc(C)n2)C1. The number of aromatic nitrogens is 1. The molecular formula is C23H30FN3O. The number of nitrogens with zero attached hydrogens (tertiary/aromatic N) is 3. The lowest BCUT2D eigenvalue weighted by Crippen LogP contribution is -2.39. The largest absolute Gasteiger partial charge is 0.342 e. The number of benzene rings is 1. The Hall–Kier alpha value is -2.27. The zero-order valence-corrected chi connectivity index (χ0v) is 17.1. The summed E-state index contributed by atoms with van der Waals surface area (Å²) >= 11 is 0. The van der Waals surface area contributed by atoms with E-state index in [0.29, 0.717) is 12.5 Å². The molecule has 1 aliphatic heterocycles. The molecule has 1 fully saturated rings. The molecule has 1 unspecified atom stereocenters. The van der Waals surface area contributed by atoms with Gasteiger partial charge in [0.2, 0.25) is 5.91 Å². The number of aryl methyl sites for hydroxylation is 1. The van der Waals surface area contributed by atoms with Crippen LogP contribution in [0.4, 0.5) is 4.39 Å². The van der Waals surface area contributed by atoms with Gasteiger partial charge in [0.05, 0.1) is 6.54 Å². The molecule has 1 aromatic carbocycles.